The fourth-order valence-corrected chi connectivity index (χ4v) is 2.50. The van der Waals surface area contributed by atoms with Crippen LogP contribution in [0.2, 0.25) is 0 Å². The minimum atomic E-state index is -0.168. The highest BCUT2D eigenvalue weighted by Crippen LogP contribution is 2.13. The topological polar surface area (TPSA) is 79.3 Å². The average Bonchev–Trinajstić information content (AvgIpc) is 2.94. The summed E-state index contributed by atoms with van der Waals surface area (Å²) in [7, 11) is 0. The summed E-state index contributed by atoms with van der Waals surface area (Å²) >= 11 is 5.56. The van der Waals surface area contributed by atoms with Gasteiger partial charge in [-0.2, -0.15) is 5.10 Å². The number of H-pyrrole nitrogens is 1. The van der Waals surface area contributed by atoms with Crippen molar-refractivity contribution in [3.05, 3.63) is 46.4 Å². The van der Waals surface area contributed by atoms with Crippen molar-refractivity contribution < 1.29 is 4.79 Å². The van der Waals surface area contributed by atoms with Crippen LogP contribution >= 0.6 is 11.6 Å². The Hall–Kier alpha value is -2.34. The average molecular weight is 319 g/mol. The molecule has 3 rings (SSSR count). The largest absolute Gasteiger partial charge is 0.352 e. The van der Waals surface area contributed by atoms with Crippen molar-refractivity contribution in [2.24, 2.45) is 0 Å². The molecule has 7 heteroatoms. The summed E-state index contributed by atoms with van der Waals surface area (Å²) in [6, 6.07) is 7.26. The van der Waals surface area contributed by atoms with Gasteiger partial charge in [0.05, 0.1) is 17.1 Å². The number of fused-ring (bicyclic) bond motifs is 3. The summed E-state index contributed by atoms with van der Waals surface area (Å²) in [4.78, 5) is 26.6. The number of alkyl halides is 1. The first-order valence-electron chi connectivity index (χ1n) is 7.01. The first kappa shape index (κ1) is 14.6. The van der Waals surface area contributed by atoms with E-state index in [1.54, 1.807) is 16.8 Å². The molecule has 0 radical (unpaired) electrons. The molecular weight excluding hydrogens is 304 g/mol. The summed E-state index contributed by atoms with van der Waals surface area (Å²) in [5.74, 6) is 0.395. The Kier molecular flexibility index (Phi) is 4.11. The van der Waals surface area contributed by atoms with E-state index in [9.17, 15) is 9.59 Å². The molecule has 2 N–H and O–H groups in total. The number of nitrogens with one attached hydrogen (secondary N) is 2. The molecule has 6 nitrogen and oxygen atoms in total. The van der Waals surface area contributed by atoms with Gasteiger partial charge in [-0.1, -0.05) is 12.1 Å². The molecule has 0 fully saturated rings. The Morgan fingerprint density at radius 3 is 3.00 bits per heavy atom. The van der Waals surface area contributed by atoms with E-state index in [0.29, 0.717) is 36.3 Å². The van der Waals surface area contributed by atoms with Gasteiger partial charge in [0.15, 0.2) is 0 Å². The van der Waals surface area contributed by atoms with E-state index in [2.05, 4.69) is 15.4 Å². The van der Waals surface area contributed by atoms with Crippen LogP contribution in [0.3, 0.4) is 0 Å². The second-order valence-electron chi connectivity index (χ2n) is 4.97. The van der Waals surface area contributed by atoms with E-state index in [4.69, 9.17) is 11.6 Å². The van der Waals surface area contributed by atoms with Crippen LogP contribution in [0.5, 0.6) is 0 Å². The summed E-state index contributed by atoms with van der Waals surface area (Å²) in [5, 5.41) is 7.69. The molecule has 0 aliphatic rings. The third kappa shape index (κ3) is 2.69. The summed E-state index contributed by atoms with van der Waals surface area (Å²) in [5.41, 5.74) is 1.93. The smallest absolute Gasteiger partial charge is 0.259 e. The molecule has 0 atom stereocenters. The molecule has 2 aromatic heterocycles. The summed E-state index contributed by atoms with van der Waals surface area (Å²) < 4.78 is 1.68. The molecule has 3 aromatic rings. The fourth-order valence-electron chi connectivity index (χ4n) is 2.36. The highest BCUT2D eigenvalue weighted by molar-refractivity contribution is 6.17. The number of nitrogens with zero attached hydrogens (tertiary/aromatic N) is 2. The lowest BCUT2D eigenvalue weighted by atomic mass is 10.2. The van der Waals surface area contributed by atoms with E-state index in [0.717, 1.165) is 11.1 Å². The molecule has 1 amide bonds. The minimum Gasteiger partial charge on any atom is -0.352 e. The maximum atomic E-state index is 12.1. The van der Waals surface area contributed by atoms with Crippen molar-refractivity contribution >= 4 is 34.1 Å². The van der Waals surface area contributed by atoms with Crippen LogP contribution in [0.25, 0.3) is 16.6 Å². The monoisotopic (exact) mass is 318 g/mol. The Labute approximate surface area is 131 Å². The fraction of sp³-hybridized carbons (Fsp3) is 0.267. The Bertz CT molecular complexity index is 884. The van der Waals surface area contributed by atoms with Crippen molar-refractivity contribution in [1.29, 1.82) is 0 Å². The van der Waals surface area contributed by atoms with Crippen molar-refractivity contribution in [3.63, 3.8) is 0 Å². The maximum Gasteiger partial charge on any atom is 0.259 e. The predicted octanol–water partition coefficient (Wildman–Crippen LogP) is 1.81. The molecule has 114 valence electrons. The molecule has 0 aliphatic carbocycles. The zero-order chi connectivity index (χ0) is 15.5. The number of aromatic amines is 1. The van der Waals surface area contributed by atoms with Crippen LogP contribution in [0.15, 0.2) is 35.3 Å². The third-order valence-electron chi connectivity index (χ3n) is 3.47. The van der Waals surface area contributed by atoms with Crippen LogP contribution in [-0.4, -0.2) is 26.4 Å². The molecule has 0 spiro atoms. The Balaban J connectivity index is 1.92. The van der Waals surface area contributed by atoms with E-state index < -0.39 is 0 Å². The van der Waals surface area contributed by atoms with Gasteiger partial charge in [0, 0.05) is 24.4 Å². The molecule has 0 unspecified atom stereocenters. The van der Waals surface area contributed by atoms with Crippen LogP contribution in [0.1, 0.15) is 18.4 Å². The summed E-state index contributed by atoms with van der Waals surface area (Å²) in [6.07, 6.45) is 2.69. The van der Waals surface area contributed by atoms with E-state index >= 15 is 0 Å². The van der Waals surface area contributed by atoms with Gasteiger partial charge in [-0.25, -0.2) is 4.52 Å². The number of aromatic nitrogens is 3. The minimum absolute atomic E-state index is 0.0665. The number of carbonyl (C=O) groups is 1. The molecule has 0 saturated carbocycles. The predicted molar refractivity (Wildman–Crippen MR) is 85.1 cm³/mol. The van der Waals surface area contributed by atoms with Crippen LogP contribution in [0, 0.1) is 0 Å². The van der Waals surface area contributed by atoms with Crippen molar-refractivity contribution in [2.75, 3.05) is 5.88 Å². The molecule has 0 bridgehead atoms. The van der Waals surface area contributed by atoms with E-state index in [-0.39, 0.29) is 11.5 Å². The number of hydrogen-bond acceptors (Lipinski definition) is 3. The zero-order valence-electron chi connectivity index (χ0n) is 11.8. The third-order valence-corrected chi connectivity index (χ3v) is 3.73. The van der Waals surface area contributed by atoms with Gasteiger partial charge in [0.1, 0.15) is 5.65 Å². The lowest BCUT2D eigenvalue weighted by molar-refractivity contribution is -0.121. The van der Waals surface area contributed by atoms with Gasteiger partial charge in [0.2, 0.25) is 5.91 Å². The van der Waals surface area contributed by atoms with Crippen molar-refractivity contribution in [3.8, 4) is 0 Å². The van der Waals surface area contributed by atoms with Gasteiger partial charge in [-0.05, 0) is 18.6 Å². The Morgan fingerprint density at radius 2 is 2.18 bits per heavy atom. The molecule has 0 saturated heterocycles. The summed E-state index contributed by atoms with van der Waals surface area (Å²) in [6.45, 7) is 0.318. The molecular formula is C15H15ClN4O2. The number of halogens is 1. The lowest BCUT2D eigenvalue weighted by Gasteiger charge is -2.04. The maximum absolute atomic E-state index is 12.1. The number of amides is 1. The van der Waals surface area contributed by atoms with Gasteiger partial charge in [-0.3, -0.25) is 9.59 Å². The molecule has 22 heavy (non-hydrogen) atoms. The first-order valence-corrected chi connectivity index (χ1v) is 7.54. The van der Waals surface area contributed by atoms with Crippen molar-refractivity contribution in [1.82, 2.24) is 19.9 Å². The van der Waals surface area contributed by atoms with Gasteiger partial charge < -0.3 is 10.3 Å². The second-order valence-corrected chi connectivity index (χ2v) is 5.35. The molecule has 1 aromatic carbocycles. The van der Waals surface area contributed by atoms with Crippen LogP contribution in [0.4, 0.5) is 0 Å². The number of hydrogen-bond donors (Lipinski definition) is 2. The number of rotatable bonds is 5. The van der Waals surface area contributed by atoms with Gasteiger partial charge in [0.25, 0.3) is 5.56 Å². The quantitative estimate of drug-likeness (QED) is 0.704. The number of para-hydroxylation sites is 1. The zero-order valence-corrected chi connectivity index (χ0v) is 12.6. The number of benzene rings is 1. The highest BCUT2D eigenvalue weighted by atomic mass is 35.5. The SMILES string of the molecule is O=C(CCCCl)NCc1cnn2c1[nH]c(=O)c1ccccc12. The van der Waals surface area contributed by atoms with Crippen LogP contribution in [-0.2, 0) is 11.3 Å². The molecule has 0 aliphatic heterocycles. The normalized spacial score (nSPS) is 11.1. The van der Waals surface area contributed by atoms with Gasteiger partial charge in [-0.15, -0.1) is 11.6 Å². The lowest BCUT2D eigenvalue weighted by Crippen LogP contribution is -2.22. The van der Waals surface area contributed by atoms with Gasteiger partial charge >= 0.3 is 0 Å². The van der Waals surface area contributed by atoms with Crippen LogP contribution < -0.4 is 10.9 Å². The number of carbonyl (C=O) groups excluding carboxylic acids is 1. The van der Waals surface area contributed by atoms with E-state index in [1.807, 2.05) is 18.2 Å². The molecule has 2 heterocycles. The first-order chi connectivity index (χ1) is 10.7. The second kappa shape index (κ2) is 6.19. The van der Waals surface area contributed by atoms with Crippen molar-refractivity contribution in [2.45, 2.75) is 19.4 Å². The standard InChI is InChI=1S/C15H15ClN4O2/c16-7-3-6-13(21)17-8-10-9-18-20-12-5-2-1-4-11(12)15(22)19-14(10)20/h1-2,4-5,9H,3,6-8H2,(H,17,21)(H,19,22). The Morgan fingerprint density at radius 1 is 1.36 bits per heavy atom. The van der Waals surface area contributed by atoms with E-state index in [1.165, 1.54) is 0 Å². The highest BCUT2D eigenvalue weighted by Gasteiger charge is 2.10.